The molecule has 0 saturated heterocycles. The fourth-order valence-electron chi connectivity index (χ4n) is 1.33. The number of hydrogen-bond acceptors (Lipinski definition) is 5. The zero-order valence-corrected chi connectivity index (χ0v) is 9.23. The van der Waals surface area contributed by atoms with Crippen LogP contribution in [0.3, 0.4) is 0 Å². The summed E-state index contributed by atoms with van der Waals surface area (Å²) in [6, 6.07) is 7.95. The van der Waals surface area contributed by atoms with Gasteiger partial charge in [-0.3, -0.25) is 0 Å². The van der Waals surface area contributed by atoms with Crippen molar-refractivity contribution in [1.82, 2.24) is 10.1 Å². The van der Waals surface area contributed by atoms with Gasteiger partial charge in [0.2, 0.25) is 5.82 Å². The van der Waals surface area contributed by atoms with Crippen LogP contribution in [0.15, 0.2) is 28.8 Å². The van der Waals surface area contributed by atoms with Crippen LogP contribution < -0.4 is 10.1 Å². The van der Waals surface area contributed by atoms with E-state index in [1.54, 1.807) is 7.11 Å². The number of benzene rings is 1. The van der Waals surface area contributed by atoms with Gasteiger partial charge in [0.1, 0.15) is 5.75 Å². The van der Waals surface area contributed by atoms with Gasteiger partial charge in [-0.25, -0.2) is 0 Å². The summed E-state index contributed by atoms with van der Waals surface area (Å²) in [5.41, 5.74) is 0.868. The van der Waals surface area contributed by atoms with Crippen molar-refractivity contribution in [2.45, 2.75) is 6.92 Å². The number of ether oxygens (including phenoxy) is 1. The van der Waals surface area contributed by atoms with E-state index in [0.717, 1.165) is 17.9 Å². The molecule has 1 aromatic carbocycles. The van der Waals surface area contributed by atoms with Crippen LogP contribution in [0, 0.1) is 0 Å². The molecule has 1 heterocycles. The average molecular weight is 219 g/mol. The van der Waals surface area contributed by atoms with Crippen molar-refractivity contribution in [3.8, 4) is 17.1 Å². The fraction of sp³-hybridized carbons (Fsp3) is 0.273. The largest absolute Gasteiger partial charge is 0.497 e. The van der Waals surface area contributed by atoms with Gasteiger partial charge in [0.15, 0.2) is 0 Å². The first-order chi connectivity index (χ1) is 7.83. The molecule has 0 spiro atoms. The lowest BCUT2D eigenvalue weighted by molar-refractivity contribution is 0.414. The Kier molecular flexibility index (Phi) is 3.05. The molecule has 1 N–H and O–H groups in total. The highest BCUT2D eigenvalue weighted by Gasteiger charge is 2.07. The van der Waals surface area contributed by atoms with Gasteiger partial charge in [-0.05, 0) is 19.1 Å². The van der Waals surface area contributed by atoms with E-state index in [-0.39, 0.29) is 0 Å². The zero-order chi connectivity index (χ0) is 11.4. The van der Waals surface area contributed by atoms with E-state index in [0.29, 0.717) is 11.8 Å². The molecule has 1 aromatic heterocycles. The van der Waals surface area contributed by atoms with Crippen molar-refractivity contribution in [2.75, 3.05) is 19.0 Å². The van der Waals surface area contributed by atoms with Crippen LogP contribution in [0.25, 0.3) is 11.4 Å². The summed E-state index contributed by atoms with van der Waals surface area (Å²) >= 11 is 0. The Morgan fingerprint density at radius 1 is 1.44 bits per heavy atom. The predicted molar refractivity (Wildman–Crippen MR) is 60.4 cm³/mol. The van der Waals surface area contributed by atoms with E-state index in [2.05, 4.69) is 15.5 Å². The van der Waals surface area contributed by atoms with E-state index in [1.165, 1.54) is 0 Å². The van der Waals surface area contributed by atoms with Gasteiger partial charge in [-0.15, -0.1) is 0 Å². The normalized spacial score (nSPS) is 10.1. The Balaban J connectivity index is 2.27. The first-order valence-corrected chi connectivity index (χ1v) is 5.05. The molecule has 0 saturated carbocycles. The van der Waals surface area contributed by atoms with Gasteiger partial charge < -0.3 is 14.6 Å². The maximum Gasteiger partial charge on any atom is 0.321 e. The summed E-state index contributed by atoms with van der Waals surface area (Å²) in [7, 11) is 1.62. The number of hydrogen-bond donors (Lipinski definition) is 1. The highest BCUT2D eigenvalue weighted by Crippen LogP contribution is 2.22. The van der Waals surface area contributed by atoms with Crippen LogP contribution in [0.5, 0.6) is 5.75 Å². The second-order valence-electron chi connectivity index (χ2n) is 3.19. The topological polar surface area (TPSA) is 60.2 Å². The number of methoxy groups -OCH3 is 1. The third-order valence-electron chi connectivity index (χ3n) is 2.08. The number of aromatic nitrogens is 2. The maximum absolute atomic E-state index is 5.13. The van der Waals surface area contributed by atoms with Crippen molar-refractivity contribution in [3.05, 3.63) is 24.3 Å². The molecule has 2 aromatic rings. The van der Waals surface area contributed by atoms with Crippen molar-refractivity contribution in [3.63, 3.8) is 0 Å². The minimum Gasteiger partial charge on any atom is -0.497 e. The minimum atomic E-state index is 0.431. The molecule has 0 amide bonds. The van der Waals surface area contributed by atoms with Gasteiger partial charge in [-0.1, -0.05) is 17.3 Å². The van der Waals surface area contributed by atoms with E-state index >= 15 is 0 Å². The molecule has 0 atom stereocenters. The lowest BCUT2D eigenvalue weighted by atomic mass is 10.2. The Bertz CT molecular complexity index is 468. The summed E-state index contributed by atoms with van der Waals surface area (Å²) in [6.45, 7) is 2.72. The lowest BCUT2D eigenvalue weighted by Crippen LogP contribution is -1.95. The van der Waals surface area contributed by atoms with Gasteiger partial charge in [0.05, 0.1) is 7.11 Å². The van der Waals surface area contributed by atoms with Crippen LogP contribution in [-0.4, -0.2) is 23.8 Å². The summed E-state index contributed by atoms with van der Waals surface area (Å²) < 4.78 is 10.1. The summed E-state index contributed by atoms with van der Waals surface area (Å²) in [6.07, 6.45) is 0. The molecule has 84 valence electrons. The van der Waals surface area contributed by atoms with Crippen LogP contribution in [0.2, 0.25) is 0 Å². The predicted octanol–water partition coefficient (Wildman–Crippen LogP) is 2.18. The van der Waals surface area contributed by atoms with Gasteiger partial charge in [-0.2, -0.15) is 4.98 Å². The molecule has 0 radical (unpaired) electrons. The first kappa shape index (κ1) is 10.5. The molecular weight excluding hydrogens is 206 g/mol. The second kappa shape index (κ2) is 4.65. The number of nitrogens with zero attached hydrogens (tertiary/aromatic N) is 2. The smallest absolute Gasteiger partial charge is 0.321 e. The van der Waals surface area contributed by atoms with Crippen LogP contribution in [0.1, 0.15) is 6.92 Å². The zero-order valence-electron chi connectivity index (χ0n) is 9.23. The third-order valence-corrected chi connectivity index (χ3v) is 2.08. The minimum absolute atomic E-state index is 0.431. The molecule has 5 heteroatoms. The summed E-state index contributed by atoms with van der Waals surface area (Å²) in [4.78, 5) is 4.20. The van der Waals surface area contributed by atoms with Gasteiger partial charge >= 0.3 is 6.01 Å². The Morgan fingerprint density at radius 3 is 3.06 bits per heavy atom. The first-order valence-electron chi connectivity index (χ1n) is 5.05. The summed E-state index contributed by atoms with van der Waals surface area (Å²) in [5, 5.41) is 6.83. The maximum atomic E-state index is 5.13. The van der Waals surface area contributed by atoms with E-state index in [4.69, 9.17) is 9.26 Å². The molecule has 0 aliphatic rings. The van der Waals surface area contributed by atoms with E-state index in [1.807, 2.05) is 31.2 Å². The fourth-order valence-corrected chi connectivity index (χ4v) is 1.33. The highest BCUT2D eigenvalue weighted by molar-refractivity contribution is 5.57. The van der Waals surface area contributed by atoms with E-state index in [9.17, 15) is 0 Å². The number of nitrogens with one attached hydrogen (secondary N) is 1. The molecular formula is C11H13N3O2. The van der Waals surface area contributed by atoms with Crippen LogP contribution in [0.4, 0.5) is 6.01 Å². The molecule has 0 unspecified atom stereocenters. The lowest BCUT2D eigenvalue weighted by Gasteiger charge is -1.99. The standard InChI is InChI=1S/C11H13N3O2/c1-3-12-11-13-10(14-16-11)8-5-4-6-9(7-8)15-2/h4-7H,3H2,1-2H3,(H,12,13,14). The van der Waals surface area contributed by atoms with Gasteiger partial charge in [0.25, 0.3) is 0 Å². The molecule has 16 heavy (non-hydrogen) atoms. The van der Waals surface area contributed by atoms with Crippen molar-refractivity contribution in [1.29, 1.82) is 0 Å². The van der Waals surface area contributed by atoms with Crippen molar-refractivity contribution < 1.29 is 9.26 Å². The van der Waals surface area contributed by atoms with Crippen molar-refractivity contribution >= 4 is 6.01 Å². The molecule has 2 rings (SSSR count). The molecule has 5 nitrogen and oxygen atoms in total. The van der Waals surface area contributed by atoms with Crippen LogP contribution >= 0.6 is 0 Å². The molecule has 0 fully saturated rings. The molecule has 0 aliphatic carbocycles. The van der Waals surface area contributed by atoms with E-state index < -0.39 is 0 Å². The quantitative estimate of drug-likeness (QED) is 0.853. The second-order valence-corrected chi connectivity index (χ2v) is 3.19. The average Bonchev–Trinajstić information content (AvgIpc) is 2.78. The number of rotatable bonds is 4. The Labute approximate surface area is 93.4 Å². The van der Waals surface area contributed by atoms with Gasteiger partial charge in [0, 0.05) is 12.1 Å². The monoisotopic (exact) mass is 219 g/mol. The summed E-state index contributed by atoms with van der Waals surface area (Å²) in [5.74, 6) is 1.32. The van der Waals surface area contributed by atoms with Crippen molar-refractivity contribution in [2.24, 2.45) is 0 Å². The SMILES string of the molecule is CCNc1nc(-c2cccc(OC)c2)no1. The molecule has 0 aliphatic heterocycles. The number of anilines is 1. The Morgan fingerprint density at radius 2 is 2.31 bits per heavy atom. The highest BCUT2D eigenvalue weighted by atomic mass is 16.5. The third kappa shape index (κ3) is 2.13. The molecule has 0 bridgehead atoms. The van der Waals surface area contributed by atoms with Crippen LogP contribution in [-0.2, 0) is 0 Å². The Hall–Kier alpha value is -2.04.